The number of ether oxygens (including phenoxy) is 1. The van der Waals surface area contributed by atoms with Gasteiger partial charge in [0.1, 0.15) is 0 Å². The van der Waals surface area contributed by atoms with Crippen LogP contribution in [-0.4, -0.2) is 26.8 Å². The van der Waals surface area contributed by atoms with Crippen LogP contribution >= 0.6 is 0 Å². The van der Waals surface area contributed by atoms with Crippen molar-refractivity contribution in [2.24, 2.45) is 0 Å². The van der Waals surface area contributed by atoms with Gasteiger partial charge in [0.25, 0.3) is 0 Å². The maximum atomic E-state index is 5.50. The molecule has 1 unspecified atom stereocenters. The Hall–Kier alpha value is -0.860. The van der Waals surface area contributed by atoms with Gasteiger partial charge < -0.3 is 10.1 Å². The number of benzene rings is 1. The minimum absolute atomic E-state index is 0.283. The highest BCUT2D eigenvalue weighted by Crippen LogP contribution is 2.37. The molecule has 2 nitrogen and oxygen atoms in total. The Kier molecular flexibility index (Phi) is 5.00. The molecule has 0 aromatic heterocycles. The highest BCUT2D eigenvalue weighted by atomic mass is 16.5. The zero-order chi connectivity index (χ0) is 13.7. The van der Waals surface area contributed by atoms with Gasteiger partial charge in [-0.2, -0.15) is 0 Å². The van der Waals surface area contributed by atoms with Gasteiger partial charge in [-0.3, -0.25) is 0 Å². The average Bonchev–Trinajstić information content (AvgIpc) is 2.41. The summed E-state index contributed by atoms with van der Waals surface area (Å²) >= 11 is 0. The zero-order valence-electron chi connectivity index (χ0n) is 12.5. The number of hydrogen-bond acceptors (Lipinski definition) is 2. The molecule has 19 heavy (non-hydrogen) atoms. The standard InChI is InChI=1S/C17H27NO/c1-4-14(2)15-6-8-16(9-7-15)17(12-19-13-17)10-5-11-18-3/h6-9,14,18H,4-5,10-13H2,1-3H3. The molecule has 0 radical (unpaired) electrons. The van der Waals surface area contributed by atoms with E-state index < -0.39 is 0 Å². The summed E-state index contributed by atoms with van der Waals surface area (Å²) in [7, 11) is 2.02. The summed E-state index contributed by atoms with van der Waals surface area (Å²) in [5.41, 5.74) is 3.20. The highest BCUT2D eigenvalue weighted by molar-refractivity contribution is 5.32. The maximum absolute atomic E-state index is 5.50. The van der Waals surface area contributed by atoms with Gasteiger partial charge in [-0.1, -0.05) is 38.1 Å². The molecule has 0 aliphatic carbocycles. The van der Waals surface area contributed by atoms with E-state index in [1.165, 1.54) is 30.4 Å². The minimum atomic E-state index is 0.283. The van der Waals surface area contributed by atoms with Gasteiger partial charge >= 0.3 is 0 Å². The van der Waals surface area contributed by atoms with E-state index in [1.54, 1.807) is 0 Å². The van der Waals surface area contributed by atoms with Crippen molar-refractivity contribution in [2.45, 2.75) is 44.4 Å². The second kappa shape index (κ2) is 6.53. The monoisotopic (exact) mass is 261 g/mol. The highest BCUT2D eigenvalue weighted by Gasteiger charge is 2.39. The van der Waals surface area contributed by atoms with Gasteiger partial charge in [0.2, 0.25) is 0 Å². The van der Waals surface area contributed by atoms with Gasteiger partial charge in [-0.05, 0) is 49.9 Å². The van der Waals surface area contributed by atoms with Crippen LogP contribution in [0.1, 0.15) is 50.2 Å². The Morgan fingerprint density at radius 3 is 2.42 bits per heavy atom. The molecule has 1 saturated heterocycles. The van der Waals surface area contributed by atoms with Gasteiger partial charge in [0.05, 0.1) is 13.2 Å². The van der Waals surface area contributed by atoms with E-state index in [0.717, 1.165) is 19.8 Å². The van der Waals surface area contributed by atoms with Crippen molar-refractivity contribution in [1.82, 2.24) is 5.32 Å². The SMILES string of the molecule is CCC(C)c1ccc(C2(CCCNC)COC2)cc1. The summed E-state index contributed by atoms with van der Waals surface area (Å²) in [6.45, 7) is 7.41. The van der Waals surface area contributed by atoms with Crippen LogP contribution in [0.25, 0.3) is 0 Å². The molecule has 1 heterocycles. The predicted octanol–water partition coefficient (Wildman–Crippen LogP) is 3.47. The lowest BCUT2D eigenvalue weighted by atomic mass is 9.74. The first-order valence-corrected chi connectivity index (χ1v) is 7.54. The normalized spacial score (nSPS) is 18.9. The lowest BCUT2D eigenvalue weighted by Gasteiger charge is -2.42. The second-order valence-corrected chi connectivity index (χ2v) is 5.91. The van der Waals surface area contributed by atoms with Crippen LogP contribution in [0, 0.1) is 0 Å². The Balaban J connectivity index is 2.06. The van der Waals surface area contributed by atoms with Crippen LogP contribution in [0.5, 0.6) is 0 Å². The third kappa shape index (κ3) is 3.18. The van der Waals surface area contributed by atoms with Gasteiger partial charge in [0, 0.05) is 5.41 Å². The third-order valence-corrected chi connectivity index (χ3v) is 4.54. The van der Waals surface area contributed by atoms with Crippen LogP contribution in [0.4, 0.5) is 0 Å². The van der Waals surface area contributed by atoms with Crippen molar-refractivity contribution in [1.29, 1.82) is 0 Å². The lowest BCUT2D eigenvalue weighted by Crippen LogP contribution is -2.47. The largest absolute Gasteiger partial charge is 0.379 e. The maximum Gasteiger partial charge on any atom is 0.0585 e. The molecule has 0 bridgehead atoms. The molecular formula is C17H27NO. The smallest absolute Gasteiger partial charge is 0.0585 e. The predicted molar refractivity (Wildman–Crippen MR) is 80.8 cm³/mol. The fourth-order valence-corrected chi connectivity index (χ4v) is 2.81. The molecule has 1 aromatic carbocycles. The number of nitrogens with one attached hydrogen (secondary N) is 1. The van der Waals surface area contributed by atoms with E-state index in [0.29, 0.717) is 5.92 Å². The summed E-state index contributed by atoms with van der Waals surface area (Å²) in [4.78, 5) is 0. The van der Waals surface area contributed by atoms with Gasteiger partial charge in [-0.25, -0.2) is 0 Å². The molecular weight excluding hydrogens is 234 g/mol. The third-order valence-electron chi connectivity index (χ3n) is 4.54. The first kappa shape index (κ1) is 14.5. The first-order chi connectivity index (χ1) is 9.22. The van der Waals surface area contributed by atoms with Gasteiger partial charge in [0.15, 0.2) is 0 Å². The van der Waals surface area contributed by atoms with E-state index in [-0.39, 0.29) is 5.41 Å². The second-order valence-electron chi connectivity index (χ2n) is 5.91. The summed E-state index contributed by atoms with van der Waals surface area (Å²) in [5, 5.41) is 3.23. The van der Waals surface area contributed by atoms with Crippen molar-refractivity contribution in [3.05, 3.63) is 35.4 Å². The Morgan fingerprint density at radius 1 is 1.26 bits per heavy atom. The van der Waals surface area contributed by atoms with Crippen LogP contribution in [-0.2, 0) is 10.2 Å². The van der Waals surface area contributed by atoms with Crippen LogP contribution in [0.2, 0.25) is 0 Å². The molecule has 1 aliphatic heterocycles. The Bertz CT molecular complexity index is 381. The summed E-state index contributed by atoms with van der Waals surface area (Å²) in [5.74, 6) is 0.659. The molecule has 0 saturated carbocycles. The van der Waals surface area contributed by atoms with Crippen molar-refractivity contribution in [2.75, 3.05) is 26.8 Å². The molecule has 2 heteroatoms. The van der Waals surface area contributed by atoms with Crippen LogP contribution < -0.4 is 5.32 Å². The molecule has 106 valence electrons. The average molecular weight is 261 g/mol. The minimum Gasteiger partial charge on any atom is -0.379 e. The van der Waals surface area contributed by atoms with E-state index >= 15 is 0 Å². The molecule has 1 aromatic rings. The van der Waals surface area contributed by atoms with Crippen molar-refractivity contribution in [3.63, 3.8) is 0 Å². The van der Waals surface area contributed by atoms with E-state index in [1.807, 2.05) is 7.05 Å². The van der Waals surface area contributed by atoms with E-state index in [2.05, 4.69) is 43.4 Å². The quantitative estimate of drug-likeness (QED) is 0.759. The van der Waals surface area contributed by atoms with Crippen LogP contribution in [0.15, 0.2) is 24.3 Å². The fraction of sp³-hybridized carbons (Fsp3) is 0.647. The first-order valence-electron chi connectivity index (χ1n) is 7.54. The molecule has 2 rings (SSSR count). The van der Waals surface area contributed by atoms with E-state index in [4.69, 9.17) is 4.74 Å². The molecule has 0 amide bonds. The molecule has 1 N–H and O–H groups in total. The number of rotatable bonds is 7. The fourth-order valence-electron chi connectivity index (χ4n) is 2.81. The summed E-state index contributed by atoms with van der Waals surface area (Å²) < 4.78 is 5.50. The Morgan fingerprint density at radius 2 is 1.95 bits per heavy atom. The molecule has 1 atom stereocenters. The molecule has 0 spiro atoms. The lowest BCUT2D eigenvalue weighted by molar-refractivity contribution is -0.0650. The Labute approximate surface area is 117 Å². The molecule has 1 fully saturated rings. The van der Waals surface area contributed by atoms with Crippen LogP contribution in [0.3, 0.4) is 0 Å². The van der Waals surface area contributed by atoms with Crippen molar-refractivity contribution in [3.8, 4) is 0 Å². The zero-order valence-corrected chi connectivity index (χ0v) is 12.5. The molecule has 1 aliphatic rings. The topological polar surface area (TPSA) is 21.3 Å². The van der Waals surface area contributed by atoms with Crippen molar-refractivity contribution < 1.29 is 4.74 Å². The summed E-state index contributed by atoms with van der Waals surface area (Å²) in [6.07, 6.45) is 3.64. The van der Waals surface area contributed by atoms with Gasteiger partial charge in [-0.15, -0.1) is 0 Å². The van der Waals surface area contributed by atoms with E-state index in [9.17, 15) is 0 Å². The number of hydrogen-bond donors (Lipinski definition) is 1. The summed E-state index contributed by atoms with van der Waals surface area (Å²) in [6, 6.07) is 9.26. The van der Waals surface area contributed by atoms with Crippen molar-refractivity contribution >= 4 is 0 Å².